The van der Waals surface area contributed by atoms with Crippen molar-refractivity contribution in [3.05, 3.63) is 35.0 Å². The van der Waals surface area contributed by atoms with Crippen LogP contribution in [0.25, 0.3) is 0 Å². The van der Waals surface area contributed by atoms with Crippen LogP contribution in [0.15, 0.2) is 24.3 Å². The van der Waals surface area contributed by atoms with E-state index in [1.807, 2.05) is 18.2 Å². The molecule has 0 saturated carbocycles. The number of nitrogens with zero attached hydrogens (tertiary/aromatic N) is 2. The molecule has 140 valence electrons. The maximum atomic E-state index is 6.35. The monoisotopic (exact) mass is 378 g/mol. The number of halogens is 1. The fourth-order valence-corrected chi connectivity index (χ4v) is 3.08. The van der Waals surface area contributed by atoms with E-state index in [4.69, 9.17) is 31.5 Å². The van der Waals surface area contributed by atoms with E-state index in [2.05, 4.69) is 15.2 Å². The van der Waals surface area contributed by atoms with Crippen molar-refractivity contribution in [3.63, 3.8) is 0 Å². The number of nitrogens with one attached hydrogen (secondary N) is 1. The number of methoxy groups -OCH3 is 2. The van der Waals surface area contributed by atoms with E-state index in [1.54, 1.807) is 20.3 Å². The molecule has 26 heavy (non-hydrogen) atoms. The minimum Gasteiger partial charge on any atom is -0.497 e. The Bertz CT molecular complexity index is 766. The Morgan fingerprint density at radius 2 is 2.00 bits per heavy atom. The molecule has 1 aromatic carbocycles. The zero-order valence-electron chi connectivity index (χ0n) is 14.9. The molecule has 1 fully saturated rings. The average molecular weight is 379 g/mol. The van der Waals surface area contributed by atoms with Gasteiger partial charge in [0, 0.05) is 37.3 Å². The highest BCUT2D eigenvalue weighted by atomic mass is 35.5. The van der Waals surface area contributed by atoms with Crippen molar-refractivity contribution >= 4 is 28.8 Å². The lowest BCUT2D eigenvalue weighted by molar-refractivity contribution is 0.123. The van der Waals surface area contributed by atoms with E-state index in [0.29, 0.717) is 36.4 Å². The summed E-state index contributed by atoms with van der Waals surface area (Å²) in [5, 5.41) is 3.66. The van der Waals surface area contributed by atoms with E-state index in [1.165, 1.54) is 0 Å². The molecule has 2 heterocycles. The van der Waals surface area contributed by atoms with Crippen LogP contribution in [0.1, 0.15) is 5.56 Å². The smallest absolute Gasteiger partial charge is 0.153 e. The molecule has 1 aromatic heterocycles. The first kappa shape index (κ1) is 18.4. The number of ether oxygens (including phenoxy) is 3. The van der Waals surface area contributed by atoms with Gasteiger partial charge in [0.25, 0.3) is 0 Å². The lowest BCUT2D eigenvalue weighted by Crippen LogP contribution is -2.36. The van der Waals surface area contributed by atoms with E-state index in [9.17, 15) is 0 Å². The highest BCUT2D eigenvalue weighted by Gasteiger charge is 2.18. The molecule has 1 aliphatic rings. The minimum absolute atomic E-state index is 0.393. The van der Waals surface area contributed by atoms with Gasteiger partial charge >= 0.3 is 0 Å². The second-order valence-electron chi connectivity index (χ2n) is 5.86. The summed E-state index contributed by atoms with van der Waals surface area (Å²) < 4.78 is 16.1. The Morgan fingerprint density at radius 3 is 2.69 bits per heavy atom. The first-order valence-corrected chi connectivity index (χ1v) is 8.73. The summed E-state index contributed by atoms with van der Waals surface area (Å²) in [5.74, 6) is 2.02. The molecule has 0 atom stereocenters. The van der Waals surface area contributed by atoms with E-state index in [-0.39, 0.29) is 0 Å². The molecule has 0 amide bonds. The van der Waals surface area contributed by atoms with Crippen molar-refractivity contribution in [3.8, 4) is 11.5 Å². The summed E-state index contributed by atoms with van der Waals surface area (Å²) in [6, 6.07) is 7.45. The van der Waals surface area contributed by atoms with Gasteiger partial charge in [-0.15, -0.1) is 0 Å². The lowest BCUT2D eigenvalue weighted by Gasteiger charge is -2.30. The third kappa shape index (κ3) is 4.05. The molecule has 3 rings (SSSR count). The number of aromatic nitrogens is 1. The van der Waals surface area contributed by atoms with Gasteiger partial charge < -0.3 is 30.2 Å². The Hall–Kier alpha value is -2.38. The van der Waals surface area contributed by atoms with Crippen LogP contribution in [-0.4, -0.2) is 45.5 Å². The Labute approximate surface area is 158 Å². The van der Waals surface area contributed by atoms with Crippen molar-refractivity contribution in [2.24, 2.45) is 0 Å². The number of benzene rings is 1. The number of nitrogens with two attached hydrogens (primary N) is 1. The van der Waals surface area contributed by atoms with Gasteiger partial charge in [0.05, 0.1) is 38.8 Å². The fourth-order valence-electron chi connectivity index (χ4n) is 2.89. The third-order valence-electron chi connectivity index (χ3n) is 4.30. The Balaban J connectivity index is 1.81. The molecule has 1 saturated heterocycles. The molecular weight excluding hydrogens is 356 g/mol. The number of morpholine rings is 1. The molecule has 3 N–H and O–H groups in total. The quantitative estimate of drug-likeness (QED) is 0.748. The van der Waals surface area contributed by atoms with E-state index < -0.39 is 0 Å². The number of hydrogen-bond donors (Lipinski definition) is 2. The molecule has 0 unspecified atom stereocenters. The summed E-state index contributed by atoms with van der Waals surface area (Å²) >= 11 is 6.22. The lowest BCUT2D eigenvalue weighted by atomic mass is 10.2. The largest absolute Gasteiger partial charge is 0.497 e. The summed E-state index contributed by atoms with van der Waals surface area (Å²) in [6.45, 7) is 3.39. The van der Waals surface area contributed by atoms with Crippen molar-refractivity contribution in [1.82, 2.24) is 4.98 Å². The van der Waals surface area contributed by atoms with Crippen LogP contribution >= 0.6 is 11.6 Å². The fraction of sp³-hybridized carbons (Fsp3) is 0.389. The van der Waals surface area contributed by atoms with Crippen LogP contribution in [0, 0.1) is 0 Å². The molecule has 0 radical (unpaired) electrons. The van der Waals surface area contributed by atoms with Crippen LogP contribution < -0.4 is 25.4 Å². The van der Waals surface area contributed by atoms with Gasteiger partial charge in [-0.1, -0.05) is 11.6 Å². The maximum absolute atomic E-state index is 6.35. The molecule has 0 bridgehead atoms. The topological polar surface area (TPSA) is 81.9 Å². The first-order chi connectivity index (χ1) is 12.6. The molecule has 8 heteroatoms. The zero-order valence-corrected chi connectivity index (χ0v) is 15.7. The summed E-state index contributed by atoms with van der Waals surface area (Å²) in [7, 11) is 3.25. The number of anilines is 3. The van der Waals surface area contributed by atoms with Crippen LogP contribution in [0.5, 0.6) is 11.5 Å². The molecule has 2 aromatic rings. The second kappa shape index (κ2) is 8.33. The van der Waals surface area contributed by atoms with Crippen molar-refractivity contribution < 1.29 is 14.2 Å². The van der Waals surface area contributed by atoms with Crippen LogP contribution in [-0.2, 0) is 11.3 Å². The molecule has 7 nitrogen and oxygen atoms in total. The molecule has 0 spiro atoms. The van der Waals surface area contributed by atoms with Crippen molar-refractivity contribution in [2.45, 2.75) is 6.54 Å². The first-order valence-electron chi connectivity index (χ1n) is 8.36. The zero-order chi connectivity index (χ0) is 18.5. The number of pyridine rings is 1. The molecule has 1 aliphatic heterocycles. The summed E-state index contributed by atoms with van der Waals surface area (Å²) in [4.78, 5) is 6.50. The average Bonchev–Trinajstić information content (AvgIpc) is 2.68. The van der Waals surface area contributed by atoms with Gasteiger partial charge in [-0.2, -0.15) is 0 Å². The van der Waals surface area contributed by atoms with Gasteiger partial charge in [0.15, 0.2) is 5.82 Å². The number of hydrogen-bond acceptors (Lipinski definition) is 7. The highest BCUT2D eigenvalue weighted by molar-refractivity contribution is 6.30. The van der Waals surface area contributed by atoms with Crippen LogP contribution in [0.4, 0.5) is 17.2 Å². The predicted octanol–water partition coefficient (Wildman–Crippen LogP) is 2.78. The van der Waals surface area contributed by atoms with E-state index in [0.717, 1.165) is 35.8 Å². The Kier molecular flexibility index (Phi) is 5.90. The molecular formula is C18H23ClN4O3. The number of rotatable bonds is 6. The van der Waals surface area contributed by atoms with Crippen molar-refractivity contribution in [2.75, 3.05) is 56.5 Å². The summed E-state index contributed by atoms with van der Waals surface area (Å²) in [6.07, 6.45) is 0. The summed E-state index contributed by atoms with van der Waals surface area (Å²) in [5.41, 5.74) is 8.75. The highest BCUT2D eigenvalue weighted by Crippen LogP contribution is 2.33. The number of nitrogen functional groups attached to an aromatic ring is 1. The second-order valence-corrected chi connectivity index (χ2v) is 6.24. The SMILES string of the molecule is COc1ccc(CNc2nc(Cl)cc(N3CCOCC3)c2N)c(OC)c1. The Morgan fingerprint density at radius 1 is 1.23 bits per heavy atom. The molecule has 0 aliphatic carbocycles. The normalized spacial score (nSPS) is 14.2. The van der Waals surface area contributed by atoms with Gasteiger partial charge in [0.2, 0.25) is 0 Å². The van der Waals surface area contributed by atoms with Gasteiger partial charge in [-0.3, -0.25) is 0 Å². The van der Waals surface area contributed by atoms with E-state index >= 15 is 0 Å². The van der Waals surface area contributed by atoms with Gasteiger partial charge in [-0.25, -0.2) is 4.98 Å². The third-order valence-corrected chi connectivity index (χ3v) is 4.49. The van der Waals surface area contributed by atoms with Gasteiger partial charge in [-0.05, 0) is 12.1 Å². The predicted molar refractivity (Wildman–Crippen MR) is 104 cm³/mol. The van der Waals surface area contributed by atoms with Crippen LogP contribution in [0.3, 0.4) is 0 Å². The van der Waals surface area contributed by atoms with Crippen molar-refractivity contribution in [1.29, 1.82) is 0 Å². The van der Waals surface area contributed by atoms with Crippen LogP contribution in [0.2, 0.25) is 5.15 Å². The standard InChI is InChI=1S/C18H23ClN4O3/c1-24-13-4-3-12(15(9-13)25-2)11-21-18-17(20)14(10-16(19)22-18)23-5-7-26-8-6-23/h3-4,9-10H,5-8,11,20H2,1-2H3,(H,21,22). The minimum atomic E-state index is 0.393. The van der Waals surface area contributed by atoms with Gasteiger partial charge in [0.1, 0.15) is 16.7 Å². The maximum Gasteiger partial charge on any atom is 0.153 e.